The maximum Gasteiger partial charge on any atom is 0.302 e. The molecule has 0 atom stereocenters. The van der Waals surface area contributed by atoms with E-state index in [9.17, 15) is 9.59 Å². The topological polar surface area (TPSA) is 84.2 Å². The molecule has 22 heavy (non-hydrogen) atoms. The van der Waals surface area contributed by atoms with Gasteiger partial charge < -0.3 is 9.73 Å². The Morgan fingerprint density at radius 2 is 2.05 bits per heavy atom. The average Bonchev–Trinajstić information content (AvgIpc) is 3.19. The monoisotopic (exact) mass is 319 g/mol. The van der Waals surface area contributed by atoms with Gasteiger partial charge in [0, 0.05) is 6.04 Å². The molecule has 0 saturated heterocycles. The molecule has 0 bridgehead atoms. The molecule has 2 aromatic rings. The summed E-state index contributed by atoms with van der Waals surface area (Å²) in [6, 6.07) is 3.74. The van der Waals surface area contributed by atoms with Gasteiger partial charge >= 0.3 is 6.01 Å². The number of carbonyl (C=O) groups excluding carboxylic acids is 2. The minimum Gasteiger partial charge on any atom is -0.431 e. The molecule has 0 aliphatic heterocycles. The van der Waals surface area contributed by atoms with Gasteiger partial charge in [-0.3, -0.25) is 14.9 Å². The van der Waals surface area contributed by atoms with E-state index < -0.39 is 0 Å². The Balaban J connectivity index is 1.58. The summed E-state index contributed by atoms with van der Waals surface area (Å²) in [5.41, 5.74) is 0.187. The second-order valence-corrected chi connectivity index (χ2v) is 6.23. The Labute approximate surface area is 131 Å². The van der Waals surface area contributed by atoms with Gasteiger partial charge in [0.25, 0.3) is 11.8 Å². The third kappa shape index (κ3) is 3.54. The van der Waals surface area contributed by atoms with Crippen LogP contribution in [-0.2, 0) is 0 Å². The number of hydrogen-bond donors (Lipinski definition) is 2. The summed E-state index contributed by atoms with van der Waals surface area (Å²) < 4.78 is 5.14. The normalized spacial score (nSPS) is 15.5. The Morgan fingerprint density at radius 3 is 2.77 bits per heavy atom. The van der Waals surface area contributed by atoms with E-state index in [0.717, 1.165) is 25.7 Å². The van der Waals surface area contributed by atoms with Crippen LogP contribution < -0.4 is 10.6 Å². The molecule has 0 radical (unpaired) electrons. The Hall–Kier alpha value is -2.15. The zero-order valence-electron chi connectivity index (χ0n) is 12.0. The third-order valence-electron chi connectivity index (χ3n) is 3.64. The lowest BCUT2D eigenvalue weighted by Gasteiger charge is -2.22. The van der Waals surface area contributed by atoms with Gasteiger partial charge in [-0.25, -0.2) is 0 Å². The third-order valence-corrected chi connectivity index (χ3v) is 4.51. The second kappa shape index (κ2) is 6.74. The second-order valence-electron chi connectivity index (χ2n) is 5.28. The summed E-state index contributed by atoms with van der Waals surface area (Å²) in [6.07, 6.45) is 6.80. The van der Waals surface area contributed by atoms with Gasteiger partial charge in [0.2, 0.25) is 0 Å². The first-order valence-electron chi connectivity index (χ1n) is 7.33. The summed E-state index contributed by atoms with van der Waals surface area (Å²) >= 11 is 1.33. The van der Waals surface area contributed by atoms with E-state index >= 15 is 0 Å². The maximum atomic E-state index is 12.1. The molecule has 7 heteroatoms. The first kappa shape index (κ1) is 14.8. The van der Waals surface area contributed by atoms with Crippen molar-refractivity contribution in [1.29, 1.82) is 0 Å². The molecule has 2 aromatic heterocycles. The minimum atomic E-state index is -0.295. The molecule has 0 aromatic carbocycles. The lowest BCUT2D eigenvalue weighted by atomic mass is 9.95. The quantitative estimate of drug-likeness (QED) is 0.907. The number of nitrogens with zero attached hydrogens (tertiary/aromatic N) is 1. The van der Waals surface area contributed by atoms with Crippen LogP contribution in [0.1, 0.15) is 52.3 Å². The Morgan fingerprint density at radius 1 is 1.23 bits per heavy atom. The zero-order chi connectivity index (χ0) is 15.4. The van der Waals surface area contributed by atoms with Crippen molar-refractivity contribution in [3.8, 4) is 0 Å². The highest BCUT2D eigenvalue weighted by atomic mass is 32.1. The van der Waals surface area contributed by atoms with Gasteiger partial charge in [-0.05, 0) is 24.3 Å². The molecule has 2 N–H and O–H groups in total. The molecule has 3 rings (SSSR count). The first-order valence-corrected chi connectivity index (χ1v) is 8.21. The van der Waals surface area contributed by atoms with Crippen LogP contribution in [0.5, 0.6) is 0 Å². The lowest BCUT2D eigenvalue weighted by molar-refractivity contribution is 0.0921. The Kier molecular flexibility index (Phi) is 4.53. The fourth-order valence-corrected chi connectivity index (χ4v) is 3.13. The van der Waals surface area contributed by atoms with Gasteiger partial charge in [-0.1, -0.05) is 25.3 Å². The van der Waals surface area contributed by atoms with E-state index in [-0.39, 0.29) is 29.6 Å². The SMILES string of the molecule is O=C(NC1CCCCC1)c1coc(NC(=O)c2cccs2)n1. The molecule has 1 fully saturated rings. The van der Waals surface area contributed by atoms with Crippen molar-refractivity contribution in [2.75, 3.05) is 5.32 Å². The van der Waals surface area contributed by atoms with Crippen LogP contribution in [0.15, 0.2) is 28.2 Å². The largest absolute Gasteiger partial charge is 0.431 e. The summed E-state index contributed by atoms with van der Waals surface area (Å²) in [4.78, 5) is 28.5. The number of oxazole rings is 1. The molecular formula is C15H17N3O3S. The number of aromatic nitrogens is 1. The molecule has 2 amide bonds. The molecule has 0 spiro atoms. The van der Waals surface area contributed by atoms with Crippen molar-refractivity contribution < 1.29 is 14.0 Å². The smallest absolute Gasteiger partial charge is 0.302 e. The molecule has 1 aliphatic rings. The number of hydrogen-bond acceptors (Lipinski definition) is 5. The molecule has 2 heterocycles. The van der Waals surface area contributed by atoms with Crippen LogP contribution in [-0.4, -0.2) is 22.8 Å². The van der Waals surface area contributed by atoms with Crippen LogP contribution in [0.4, 0.5) is 6.01 Å². The van der Waals surface area contributed by atoms with Crippen molar-refractivity contribution in [2.45, 2.75) is 38.1 Å². The highest BCUT2D eigenvalue weighted by Crippen LogP contribution is 2.18. The van der Waals surface area contributed by atoms with E-state index in [2.05, 4.69) is 15.6 Å². The van der Waals surface area contributed by atoms with E-state index in [4.69, 9.17) is 4.42 Å². The summed E-state index contributed by atoms with van der Waals surface area (Å²) in [5.74, 6) is -0.552. The van der Waals surface area contributed by atoms with Gasteiger partial charge in [0.05, 0.1) is 4.88 Å². The summed E-state index contributed by atoms with van der Waals surface area (Å²) in [6.45, 7) is 0. The van der Waals surface area contributed by atoms with Crippen LogP contribution in [0, 0.1) is 0 Å². The van der Waals surface area contributed by atoms with E-state index in [1.807, 2.05) is 5.38 Å². The number of nitrogens with one attached hydrogen (secondary N) is 2. The summed E-state index contributed by atoms with van der Waals surface area (Å²) in [7, 11) is 0. The van der Waals surface area contributed by atoms with Gasteiger partial charge in [-0.15, -0.1) is 11.3 Å². The fourth-order valence-electron chi connectivity index (χ4n) is 2.51. The lowest BCUT2D eigenvalue weighted by Crippen LogP contribution is -2.36. The van der Waals surface area contributed by atoms with Crippen LogP contribution in [0.25, 0.3) is 0 Å². The van der Waals surface area contributed by atoms with Crippen LogP contribution in [0.3, 0.4) is 0 Å². The molecule has 1 saturated carbocycles. The summed E-state index contributed by atoms with van der Waals surface area (Å²) in [5, 5.41) is 7.31. The maximum absolute atomic E-state index is 12.1. The average molecular weight is 319 g/mol. The van der Waals surface area contributed by atoms with Crippen LogP contribution in [0.2, 0.25) is 0 Å². The number of anilines is 1. The molecule has 116 valence electrons. The highest BCUT2D eigenvalue weighted by Gasteiger charge is 2.19. The Bertz CT molecular complexity index is 645. The van der Waals surface area contributed by atoms with Crippen molar-refractivity contribution in [1.82, 2.24) is 10.3 Å². The van der Waals surface area contributed by atoms with Crippen molar-refractivity contribution in [3.63, 3.8) is 0 Å². The predicted molar refractivity (Wildman–Crippen MR) is 83.1 cm³/mol. The predicted octanol–water partition coefficient (Wildman–Crippen LogP) is 3.05. The number of rotatable bonds is 4. The van der Waals surface area contributed by atoms with Crippen molar-refractivity contribution >= 4 is 29.2 Å². The van der Waals surface area contributed by atoms with Gasteiger partial charge in [-0.2, -0.15) is 4.98 Å². The van der Waals surface area contributed by atoms with Gasteiger partial charge in [0.15, 0.2) is 5.69 Å². The van der Waals surface area contributed by atoms with E-state index in [0.29, 0.717) is 4.88 Å². The number of carbonyl (C=O) groups is 2. The fraction of sp³-hybridized carbons (Fsp3) is 0.400. The van der Waals surface area contributed by atoms with Gasteiger partial charge in [0.1, 0.15) is 6.26 Å². The van der Waals surface area contributed by atoms with E-state index in [1.165, 1.54) is 24.0 Å². The number of amides is 2. The molecule has 1 aliphatic carbocycles. The molecule has 6 nitrogen and oxygen atoms in total. The standard InChI is InChI=1S/C15H17N3O3S/c19-13(16-10-5-2-1-3-6-10)11-9-21-15(17-11)18-14(20)12-7-4-8-22-12/h4,7-10H,1-3,5-6H2,(H,16,19)(H,17,18,20). The van der Waals surface area contributed by atoms with Crippen molar-refractivity contribution in [2.24, 2.45) is 0 Å². The molecule has 0 unspecified atom stereocenters. The number of thiophene rings is 1. The first-order chi connectivity index (χ1) is 10.7. The zero-order valence-corrected chi connectivity index (χ0v) is 12.8. The minimum absolute atomic E-state index is 0.0344. The van der Waals surface area contributed by atoms with Crippen molar-refractivity contribution in [3.05, 3.63) is 34.3 Å². The molecular weight excluding hydrogens is 302 g/mol. The highest BCUT2D eigenvalue weighted by molar-refractivity contribution is 7.12. The van der Waals surface area contributed by atoms with Crippen LogP contribution >= 0.6 is 11.3 Å². The van der Waals surface area contributed by atoms with E-state index in [1.54, 1.807) is 12.1 Å².